The summed E-state index contributed by atoms with van der Waals surface area (Å²) in [6.45, 7) is 2.56. The molecule has 19 heavy (non-hydrogen) atoms. The SMILES string of the molecule is CCCC1(O)CN(C(=O)Cc2ccc(F)cc2F)C1. The second-order valence-corrected chi connectivity index (χ2v) is 5.14. The molecule has 1 aromatic rings. The summed E-state index contributed by atoms with van der Waals surface area (Å²) < 4.78 is 26.1. The molecule has 1 aromatic carbocycles. The highest BCUT2D eigenvalue weighted by atomic mass is 19.1. The van der Waals surface area contributed by atoms with Crippen molar-refractivity contribution in [3.63, 3.8) is 0 Å². The maximum atomic E-state index is 13.4. The lowest BCUT2D eigenvalue weighted by molar-refractivity contribution is -0.155. The van der Waals surface area contributed by atoms with Crippen LogP contribution in [0.1, 0.15) is 25.3 Å². The molecule has 0 bridgehead atoms. The fourth-order valence-electron chi connectivity index (χ4n) is 2.40. The van der Waals surface area contributed by atoms with Gasteiger partial charge in [-0.15, -0.1) is 0 Å². The van der Waals surface area contributed by atoms with Crippen molar-refractivity contribution in [2.75, 3.05) is 13.1 Å². The zero-order valence-electron chi connectivity index (χ0n) is 10.8. The minimum absolute atomic E-state index is 0.103. The Morgan fingerprint density at radius 1 is 1.42 bits per heavy atom. The van der Waals surface area contributed by atoms with Gasteiger partial charge in [-0.2, -0.15) is 0 Å². The van der Waals surface area contributed by atoms with Crippen LogP contribution in [0, 0.1) is 11.6 Å². The lowest BCUT2D eigenvalue weighted by atomic mass is 9.89. The molecular formula is C14H17F2NO2. The smallest absolute Gasteiger partial charge is 0.227 e. The van der Waals surface area contributed by atoms with Gasteiger partial charge in [0.2, 0.25) is 5.91 Å². The number of β-amino-alcohol motifs (C(OH)–C–C–N with tert-alkyl or cyclic N) is 1. The number of hydrogen-bond acceptors (Lipinski definition) is 2. The summed E-state index contributed by atoms with van der Waals surface area (Å²) in [5, 5.41) is 9.97. The molecule has 1 heterocycles. The molecule has 1 aliphatic heterocycles. The molecule has 0 radical (unpaired) electrons. The van der Waals surface area contributed by atoms with Crippen molar-refractivity contribution in [1.29, 1.82) is 0 Å². The Morgan fingerprint density at radius 3 is 2.68 bits per heavy atom. The summed E-state index contributed by atoms with van der Waals surface area (Å²) in [6, 6.07) is 3.18. The minimum atomic E-state index is -0.786. The fourth-order valence-corrected chi connectivity index (χ4v) is 2.40. The van der Waals surface area contributed by atoms with E-state index in [1.54, 1.807) is 0 Å². The average Bonchev–Trinajstić information content (AvgIpc) is 2.29. The van der Waals surface area contributed by atoms with Crippen LogP contribution in [0.25, 0.3) is 0 Å². The largest absolute Gasteiger partial charge is 0.386 e. The lowest BCUT2D eigenvalue weighted by Gasteiger charge is -2.46. The van der Waals surface area contributed by atoms with Gasteiger partial charge in [0.1, 0.15) is 11.6 Å². The molecule has 0 aromatic heterocycles. The number of amides is 1. The minimum Gasteiger partial charge on any atom is -0.386 e. The molecule has 0 unspecified atom stereocenters. The van der Waals surface area contributed by atoms with Crippen molar-refractivity contribution in [1.82, 2.24) is 4.90 Å². The van der Waals surface area contributed by atoms with Gasteiger partial charge in [0.15, 0.2) is 0 Å². The highest BCUT2D eigenvalue weighted by Gasteiger charge is 2.42. The maximum absolute atomic E-state index is 13.4. The molecule has 5 heteroatoms. The van der Waals surface area contributed by atoms with Crippen LogP contribution in [-0.4, -0.2) is 34.6 Å². The number of likely N-dealkylation sites (tertiary alicyclic amines) is 1. The molecule has 1 fully saturated rings. The summed E-state index contributed by atoms with van der Waals surface area (Å²) in [7, 11) is 0. The average molecular weight is 269 g/mol. The number of carbonyl (C=O) groups is 1. The van der Waals surface area contributed by atoms with Crippen molar-refractivity contribution >= 4 is 5.91 Å². The third kappa shape index (κ3) is 3.10. The van der Waals surface area contributed by atoms with E-state index in [9.17, 15) is 18.7 Å². The van der Waals surface area contributed by atoms with Crippen molar-refractivity contribution in [3.8, 4) is 0 Å². The van der Waals surface area contributed by atoms with Gasteiger partial charge >= 0.3 is 0 Å². The third-order valence-corrected chi connectivity index (χ3v) is 3.40. The molecular weight excluding hydrogens is 252 g/mol. The second-order valence-electron chi connectivity index (χ2n) is 5.14. The molecule has 2 rings (SSSR count). The first-order chi connectivity index (χ1) is 8.93. The number of aliphatic hydroxyl groups is 1. The molecule has 0 atom stereocenters. The predicted octanol–water partition coefficient (Wildman–Crippen LogP) is 1.88. The Kier molecular flexibility index (Phi) is 3.85. The number of rotatable bonds is 4. The second kappa shape index (κ2) is 5.25. The Bertz CT molecular complexity index is 484. The van der Waals surface area contributed by atoms with E-state index in [4.69, 9.17) is 0 Å². The van der Waals surface area contributed by atoms with E-state index in [1.165, 1.54) is 11.0 Å². The Balaban J connectivity index is 1.93. The monoisotopic (exact) mass is 269 g/mol. The van der Waals surface area contributed by atoms with Crippen LogP contribution >= 0.6 is 0 Å². The highest BCUT2D eigenvalue weighted by molar-refractivity contribution is 5.80. The van der Waals surface area contributed by atoms with Crippen molar-refractivity contribution in [3.05, 3.63) is 35.4 Å². The summed E-state index contributed by atoms with van der Waals surface area (Å²) >= 11 is 0. The van der Waals surface area contributed by atoms with E-state index in [2.05, 4.69) is 0 Å². The van der Waals surface area contributed by atoms with Crippen molar-refractivity contribution in [2.45, 2.75) is 31.8 Å². The first-order valence-electron chi connectivity index (χ1n) is 6.37. The molecule has 104 valence electrons. The van der Waals surface area contributed by atoms with Crippen LogP contribution in [0.2, 0.25) is 0 Å². The molecule has 0 spiro atoms. The normalized spacial score (nSPS) is 17.2. The van der Waals surface area contributed by atoms with Gasteiger partial charge < -0.3 is 10.0 Å². The molecule has 1 aliphatic rings. The van der Waals surface area contributed by atoms with Gasteiger partial charge in [0, 0.05) is 6.07 Å². The third-order valence-electron chi connectivity index (χ3n) is 3.40. The Labute approximate surface area is 110 Å². The van der Waals surface area contributed by atoms with Crippen LogP contribution in [0.4, 0.5) is 8.78 Å². The van der Waals surface area contributed by atoms with E-state index in [0.717, 1.165) is 18.6 Å². The maximum Gasteiger partial charge on any atom is 0.227 e. The summed E-state index contributed by atoms with van der Waals surface area (Å²) in [5.74, 6) is -1.61. The molecule has 1 amide bonds. The summed E-state index contributed by atoms with van der Waals surface area (Å²) in [6.07, 6.45) is 1.40. The van der Waals surface area contributed by atoms with E-state index >= 15 is 0 Å². The Hall–Kier alpha value is -1.49. The first kappa shape index (κ1) is 13.9. The number of halogens is 2. The number of carbonyl (C=O) groups excluding carboxylic acids is 1. The lowest BCUT2D eigenvalue weighted by Crippen LogP contribution is -2.63. The quantitative estimate of drug-likeness (QED) is 0.906. The van der Waals surface area contributed by atoms with Crippen LogP contribution in [0.3, 0.4) is 0 Å². The topological polar surface area (TPSA) is 40.5 Å². The van der Waals surface area contributed by atoms with Crippen molar-refractivity contribution in [2.24, 2.45) is 0 Å². The molecule has 0 aliphatic carbocycles. The highest BCUT2D eigenvalue weighted by Crippen LogP contribution is 2.26. The van der Waals surface area contributed by atoms with Crippen molar-refractivity contribution < 1.29 is 18.7 Å². The number of benzene rings is 1. The van der Waals surface area contributed by atoms with E-state index in [0.29, 0.717) is 19.5 Å². The van der Waals surface area contributed by atoms with Crippen LogP contribution < -0.4 is 0 Å². The van der Waals surface area contributed by atoms with Gasteiger partial charge in [-0.3, -0.25) is 4.79 Å². The predicted molar refractivity (Wildman–Crippen MR) is 66.5 cm³/mol. The van der Waals surface area contributed by atoms with Crippen LogP contribution in [0.5, 0.6) is 0 Å². The fraction of sp³-hybridized carbons (Fsp3) is 0.500. The van der Waals surface area contributed by atoms with Gasteiger partial charge in [-0.25, -0.2) is 8.78 Å². The van der Waals surface area contributed by atoms with E-state index < -0.39 is 17.2 Å². The summed E-state index contributed by atoms with van der Waals surface area (Å²) in [4.78, 5) is 13.4. The van der Waals surface area contributed by atoms with Gasteiger partial charge in [-0.1, -0.05) is 19.4 Å². The zero-order chi connectivity index (χ0) is 14.0. The molecule has 3 nitrogen and oxygen atoms in total. The zero-order valence-corrected chi connectivity index (χ0v) is 10.8. The Morgan fingerprint density at radius 2 is 2.11 bits per heavy atom. The summed E-state index contributed by atoms with van der Waals surface area (Å²) in [5.41, 5.74) is -0.608. The van der Waals surface area contributed by atoms with Crippen LogP contribution in [-0.2, 0) is 11.2 Å². The van der Waals surface area contributed by atoms with E-state index in [-0.39, 0.29) is 17.9 Å². The van der Waals surface area contributed by atoms with Crippen LogP contribution in [0.15, 0.2) is 18.2 Å². The van der Waals surface area contributed by atoms with Gasteiger partial charge in [-0.05, 0) is 18.1 Å². The van der Waals surface area contributed by atoms with Gasteiger partial charge in [0.25, 0.3) is 0 Å². The molecule has 1 N–H and O–H groups in total. The van der Waals surface area contributed by atoms with Gasteiger partial charge in [0.05, 0.1) is 25.1 Å². The number of hydrogen-bond donors (Lipinski definition) is 1. The van der Waals surface area contributed by atoms with E-state index in [1.807, 2.05) is 6.92 Å². The standard InChI is InChI=1S/C14H17F2NO2/c1-2-5-14(19)8-17(9-14)13(18)6-10-3-4-11(15)7-12(10)16/h3-4,7,19H,2,5-6,8-9H2,1H3. The first-order valence-corrected chi connectivity index (χ1v) is 6.37. The number of nitrogens with zero attached hydrogens (tertiary/aromatic N) is 1. The molecule has 0 saturated carbocycles. The molecule has 1 saturated heterocycles.